The van der Waals surface area contributed by atoms with Gasteiger partial charge in [0.25, 0.3) is 0 Å². The summed E-state index contributed by atoms with van der Waals surface area (Å²) in [7, 11) is 0. The van der Waals surface area contributed by atoms with Crippen molar-refractivity contribution in [2.45, 2.75) is 155 Å². The van der Waals surface area contributed by atoms with Crippen LogP contribution in [0.1, 0.15) is 149 Å². The third kappa shape index (κ3) is 17.5. The lowest BCUT2D eigenvalue weighted by Gasteiger charge is -2.29. The fourth-order valence-corrected chi connectivity index (χ4v) is 4.73. The normalized spacial score (nSPS) is 13.7. The lowest BCUT2D eigenvalue weighted by molar-refractivity contribution is -0.184. The highest BCUT2D eigenvalue weighted by atomic mass is 16.6. The quantitative estimate of drug-likeness (QED) is 0.0633. The van der Waals surface area contributed by atoms with Crippen LogP contribution in [0, 0.1) is 11.8 Å². The average molecular weight is 543 g/mol. The number of carbonyl (C=O) groups excluding carboxylic acids is 2. The fourth-order valence-electron chi connectivity index (χ4n) is 4.73. The predicted octanol–water partition coefficient (Wildman–Crippen LogP) is 7.05. The largest absolute Gasteiger partial charge is 0.481 e. The number of esters is 2. The van der Waals surface area contributed by atoms with Crippen molar-refractivity contribution in [2.75, 3.05) is 0 Å². The van der Waals surface area contributed by atoms with Crippen LogP contribution in [-0.4, -0.2) is 44.8 Å². The van der Waals surface area contributed by atoms with E-state index in [4.69, 9.17) is 9.84 Å². The van der Waals surface area contributed by atoms with Crippen LogP contribution in [-0.2, 0) is 23.9 Å². The van der Waals surface area contributed by atoms with Crippen LogP contribution in [0.25, 0.3) is 0 Å². The van der Waals surface area contributed by atoms with Crippen LogP contribution in [0.2, 0.25) is 0 Å². The SMILES string of the molecule is CCCCCCCC(=O)OC(=O)C(CCCCCCCCCCCCCC(C)C)C(O)(CC(=O)O)C(=O)O. The molecule has 38 heavy (non-hydrogen) atoms. The third-order valence-corrected chi connectivity index (χ3v) is 7.13. The average Bonchev–Trinajstić information content (AvgIpc) is 2.83. The summed E-state index contributed by atoms with van der Waals surface area (Å²) in [6.07, 6.45) is 16.3. The van der Waals surface area contributed by atoms with Gasteiger partial charge < -0.3 is 20.1 Å². The molecule has 2 unspecified atom stereocenters. The molecule has 0 aliphatic carbocycles. The second-order valence-electron chi connectivity index (χ2n) is 11.2. The van der Waals surface area contributed by atoms with Gasteiger partial charge in [-0.05, 0) is 18.8 Å². The Morgan fingerprint density at radius 1 is 0.684 bits per heavy atom. The molecule has 0 saturated heterocycles. The van der Waals surface area contributed by atoms with Crippen molar-refractivity contribution in [3.05, 3.63) is 0 Å². The van der Waals surface area contributed by atoms with Gasteiger partial charge in [-0.15, -0.1) is 0 Å². The Labute approximate surface area is 229 Å². The van der Waals surface area contributed by atoms with Gasteiger partial charge in [0.2, 0.25) is 0 Å². The Hall–Kier alpha value is -1.96. The minimum Gasteiger partial charge on any atom is -0.481 e. The van der Waals surface area contributed by atoms with Gasteiger partial charge >= 0.3 is 23.9 Å². The van der Waals surface area contributed by atoms with Crippen LogP contribution < -0.4 is 0 Å². The molecule has 0 spiro atoms. The maximum absolute atomic E-state index is 12.7. The lowest BCUT2D eigenvalue weighted by atomic mass is 9.81. The number of aliphatic carboxylic acids is 2. The Kier molecular flexibility index (Phi) is 20.8. The Bertz CT molecular complexity index is 675. The Morgan fingerprint density at radius 2 is 1.13 bits per heavy atom. The summed E-state index contributed by atoms with van der Waals surface area (Å²) in [4.78, 5) is 47.9. The van der Waals surface area contributed by atoms with Crippen LogP contribution >= 0.6 is 0 Å². The standard InChI is InChI=1S/C30H54O8/c1-4-5-6-14-19-22-27(33)38-28(34)25(30(37,29(35)36)23-26(31)32)21-18-16-13-11-9-7-8-10-12-15-17-20-24(2)3/h24-25,37H,4-23H2,1-3H3,(H,31,32)(H,35,36). The van der Waals surface area contributed by atoms with Gasteiger partial charge in [0.05, 0.1) is 12.3 Å². The highest BCUT2D eigenvalue weighted by Gasteiger charge is 2.50. The summed E-state index contributed by atoms with van der Waals surface area (Å²) in [5.74, 6) is -6.15. The minimum absolute atomic E-state index is 0.0184. The van der Waals surface area contributed by atoms with Gasteiger partial charge in [0.15, 0.2) is 5.60 Å². The van der Waals surface area contributed by atoms with Crippen molar-refractivity contribution in [1.82, 2.24) is 0 Å². The maximum Gasteiger partial charge on any atom is 0.337 e. The first-order chi connectivity index (χ1) is 18.0. The van der Waals surface area contributed by atoms with Gasteiger partial charge in [0.1, 0.15) is 0 Å². The van der Waals surface area contributed by atoms with Gasteiger partial charge in [-0.2, -0.15) is 0 Å². The number of hydrogen-bond acceptors (Lipinski definition) is 6. The van der Waals surface area contributed by atoms with E-state index in [0.717, 1.165) is 50.9 Å². The zero-order valence-electron chi connectivity index (χ0n) is 24.2. The smallest absolute Gasteiger partial charge is 0.337 e. The second kappa shape index (κ2) is 21.9. The molecule has 0 radical (unpaired) electrons. The molecule has 0 saturated carbocycles. The molecule has 0 rings (SSSR count). The van der Waals surface area contributed by atoms with Crippen LogP contribution in [0.15, 0.2) is 0 Å². The van der Waals surface area contributed by atoms with E-state index in [2.05, 4.69) is 20.8 Å². The predicted molar refractivity (Wildman–Crippen MR) is 148 cm³/mol. The molecule has 3 N–H and O–H groups in total. The van der Waals surface area contributed by atoms with E-state index < -0.39 is 41.8 Å². The van der Waals surface area contributed by atoms with Gasteiger partial charge in [-0.1, -0.05) is 124 Å². The van der Waals surface area contributed by atoms with Crippen molar-refractivity contribution in [1.29, 1.82) is 0 Å². The highest BCUT2D eigenvalue weighted by molar-refractivity contribution is 5.93. The second-order valence-corrected chi connectivity index (χ2v) is 11.2. The molecule has 222 valence electrons. The zero-order valence-corrected chi connectivity index (χ0v) is 24.2. The zero-order chi connectivity index (χ0) is 28.8. The molecule has 0 aromatic rings. The van der Waals surface area contributed by atoms with Crippen molar-refractivity contribution in [2.24, 2.45) is 11.8 Å². The van der Waals surface area contributed by atoms with Crippen LogP contribution in [0.3, 0.4) is 0 Å². The fraction of sp³-hybridized carbons (Fsp3) is 0.867. The molecule has 0 heterocycles. The summed E-state index contributed by atoms with van der Waals surface area (Å²) in [5.41, 5.74) is -2.83. The first kappa shape index (κ1) is 36.0. The number of carboxylic acids is 2. The molecule has 8 heteroatoms. The number of rotatable bonds is 25. The van der Waals surface area contributed by atoms with Gasteiger partial charge in [0, 0.05) is 6.42 Å². The molecule has 0 amide bonds. The number of carboxylic acid groups (broad SMARTS) is 2. The van der Waals surface area contributed by atoms with Crippen molar-refractivity contribution >= 4 is 23.9 Å². The first-order valence-corrected chi connectivity index (χ1v) is 15.0. The summed E-state index contributed by atoms with van der Waals surface area (Å²) in [6.45, 7) is 6.59. The number of ether oxygens (including phenoxy) is 1. The first-order valence-electron chi connectivity index (χ1n) is 15.0. The molecule has 0 fully saturated rings. The highest BCUT2D eigenvalue weighted by Crippen LogP contribution is 2.29. The molecular formula is C30H54O8. The van der Waals surface area contributed by atoms with Crippen molar-refractivity contribution < 1.29 is 39.2 Å². The van der Waals surface area contributed by atoms with Crippen molar-refractivity contribution in [3.63, 3.8) is 0 Å². The van der Waals surface area contributed by atoms with Gasteiger partial charge in [-0.25, -0.2) is 4.79 Å². The topological polar surface area (TPSA) is 138 Å². The molecule has 0 aliphatic rings. The maximum atomic E-state index is 12.7. The minimum atomic E-state index is -2.83. The third-order valence-electron chi connectivity index (χ3n) is 7.13. The van der Waals surface area contributed by atoms with Crippen LogP contribution in [0.4, 0.5) is 0 Å². The van der Waals surface area contributed by atoms with E-state index in [1.54, 1.807) is 0 Å². The molecular weight excluding hydrogens is 488 g/mol. The summed E-state index contributed by atoms with van der Waals surface area (Å²) >= 11 is 0. The number of carbonyl (C=O) groups is 4. The van der Waals surface area contributed by atoms with E-state index >= 15 is 0 Å². The summed E-state index contributed by atoms with van der Waals surface area (Å²) in [6, 6.07) is 0. The van der Waals surface area contributed by atoms with Crippen LogP contribution in [0.5, 0.6) is 0 Å². The number of aliphatic hydroxyl groups is 1. The molecule has 0 bridgehead atoms. The summed E-state index contributed by atoms with van der Waals surface area (Å²) < 4.78 is 4.87. The number of unbranched alkanes of at least 4 members (excludes halogenated alkanes) is 14. The van der Waals surface area contributed by atoms with Crippen molar-refractivity contribution in [3.8, 4) is 0 Å². The molecule has 0 aromatic carbocycles. The Morgan fingerprint density at radius 3 is 1.58 bits per heavy atom. The molecule has 2 atom stereocenters. The summed E-state index contributed by atoms with van der Waals surface area (Å²) in [5, 5.41) is 29.4. The Balaban J connectivity index is 4.57. The van der Waals surface area contributed by atoms with E-state index in [1.807, 2.05) is 0 Å². The van der Waals surface area contributed by atoms with E-state index in [0.29, 0.717) is 19.3 Å². The molecule has 0 aliphatic heterocycles. The van der Waals surface area contributed by atoms with Gasteiger partial charge in [-0.3, -0.25) is 14.4 Å². The molecule has 0 aromatic heterocycles. The number of hydrogen-bond donors (Lipinski definition) is 3. The van der Waals surface area contributed by atoms with E-state index in [-0.39, 0.29) is 12.8 Å². The van der Waals surface area contributed by atoms with E-state index in [1.165, 1.54) is 44.9 Å². The molecule has 8 nitrogen and oxygen atoms in total. The lowest BCUT2D eigenvalue weighted by Crippen LogP contribution is -2.51. The van der Waals surface area contributed by atoms with E-state index in [9.17, 15) is 29.4 Å². The monoisotopic (exact) mass is 542 g/mol.